The third-order valence-electron chi connectivity index (χ3n) is 3.64. The fourth-order valence-corrected chi connectivity index (χ4v) is 3.74. The van der Waals surface area contributed by atoms with E-state index >= 15 is 0 Å². The van der Waals surface area contributed by atoms with Crippen LogP contribution in [0.4, 0.5) is 0 Å². The van der Waals surface area contributed by atoms with Crippen LogP contribution in [0.2, 0.25) is 0 Å². The smallest absolute Gasteiger partial charge is 0.269 e. The van der Waals surface area contributed by atoms with E-state index < -0.39 is 10.0 Å². The number of rotatable bonds is 6. The van der Waals surface area contributed by atoms with E-state index in [1.165, 1.54) is 18.7 Å². The lowest BCUT2D eigenvalue weighted by molar-refractivity contribution is 0.313. The number of nitrogens with zero attached hydrogens (tertiary/aromatic N) is 2. The van der Waals surface area contributed by atoms with Gasteiger partial charge in [0.25, 0.3) is 10.0 Å². The van der Waals surface area contributed by atoms with Crippen LogP contribution in [0, 0.1) is 0 Å². The standard InChI is InChI=1S/C17H18N2O3S/c1-2-3-12-22-16-8-9-17(15-7-5-4-6-14(15)16)23(20,21)19-11-10-18-13-19/h4-11,13H,2-3,12H2,1H3. The molecular formula is C17H18N2O3S. The fraction of sp³-hybridized carbons (Fsp3) is 0.235. The molecule has 1 aromatic heterocycles. The number of unbranched alkanes of at least 4 members (excludes halogenated alkanes) is 1. The third kappa shape index (κ3) is 2.94. The van der Waals surface area contributed by atoms with Crippen molar-refractivity contribution < 1.29 is 13.2 Å². The van der Waals surface area contributed by atoms with Crippen LogP contribution in [0.25, 0.3) is 10.8 Å². The van der Waals surface area contributed by atoms with Crippen LogP contribution in [-0.4, -0.2) is 24.0 Å². The van der Waals surface area contributed by atoms with Crippen molar-refractivity contribution in [1.82, 2.24) is 8.96 Å². The van der Waals surface area contributed by atoms with Crippen LogP contribution in [0.3, 0.4) is 0 Å². The molecule has 0 spiro atoms. The molecule has 2 aromatic carbocycles. The monoisotopic (exact) mass is 330 g/mol. The lowest BCUT2D eigenvalue weighted by Crippen LogP contribution is -2.11. The molecule has 0 aliphatic rings. The number of imidazole rings is 1. The van der Waals surface area contributed by atoms with Gasteiger partial charge < -0.3 is 4.74 Å². The Morgan fingerprint density at radius 2 is 1.91 bits per heavy atom. The molecule has 0 atom stereocenters. The third-order valence-corrected chi connectivity index (χ3v) is 5.32. The first-order chi connectivity index (χ1) is 11.1. The topological polar surface area (TPSA) is 61.2 Å². The summed E-state index contributed by atoms with van der Waals surface area (Å²) in [6, 6.07) is 10.7. The molecule has 6 heteroatoms. The van der Waals surface area contributed by atoms with Gasteiger partial charge in [-0.3, -0.25) is 0 Å². The molecule has 0 N–H and O–H groups in total. The van der Waals surface area contributed by atoms with Crippen LogP contribution in [0.1, 0.15) is 19.8 Å². The Morgan fingerprint density at radius 3 is 2.61 bits per heavy atom. The van der Waals surface area contributed by atoms with Gasteiger partial charge in [-0.1, -0.05) is 37.6 Å². The van der Waals surface area contributed by atoms with Gasteiger partial charge in [0.15, 0.2) is 0 Å². The number of hydrogen-bond acceptors (Lipinski definition) is 4. The predicted molar refractivity (Wildman–Crippen MR) is 89.2 cm³/mol. The quantitative estimate of drug-likeness (QED) is 0.650. The largest absolute Gasteiger partial charge is 0.493 e. The Hall–Kier alpha value is -2.34. The van der Waals surface area contributed by atoms with Crippen molar-refractivity contribution in [1.29, 1.82) is 0 Å². The molecule has 23 heavy (non-hydrogen) atoms. The van der Waals surface area contributed by atoms with Crippen molar-refractivity contribution in [3.63, 3.8) is 0 Å². The minimum absolute atomic E-state index is 0.244. The lowest BCUT2D eigenvalue weighted by Gasteiger charge is -2.13. The minimum atomic E-state index is -3.67. The van der Waals surface area contributed by atoms with Crippen molar-refractivity contribution in [2.75, 3.05) is 6.61 Å². The Morgan fingerprint density at radius 1 is 1.13 bits per heavy atom. The van der Waals surface area contributed by atoms with Gasteiger partial charge in [0.1, 0.15) is 12.1 Å². The first kappa shape index (κ1) is 15.6. The average Bonchev–Trinajstić information content (AvgIpc) is 3.10. The Kier molecular flexibility index (Phi) is 4.34. The van der Waals surface area contributed by atoms with Gasteiger partial charge in [0.2, 0.25) is 0 Å². The molecule has 1 heterocycles. The molecule has 0 fully saturated rings. The highest BCUT2D eigenvalue weighted by Gasteiger charge is 2.20. The molecular weight excluding hydrogens is 312 g/mol. The SMILES string of the molecule is CCCCOc1ccc(S(=O)(=O)n2ccnc2)c2ccccc12. The fourth-order valence-electron chi connectivity index (χ4n) is 2.42. The normalized spacial score (nSPS) is 11.7. The van der Waals surface area contributed by atoms with Gasteiger partial charge in [-0.15, -0.1) is 0 Å². The summed E-state index contributed by atoms with van der Waals surface area (Å²) in [5.41, 5.74) is 0. The molecule has 3 rings (SSSR count). The number of hydrogen-bond donors (Lipinski definition) is 0. The Bertz CT molecular complexity index is 903. The maximum absolute atomic E-state index is 12.8. The van der Waals surface area contributed by atoms with E-state index in [4.69, 9.17) is 4.74 Å². The second kappa shape index (κ2) is 6.42. The number of ether oxygens (including phenoxy) is 1. The predicted octanol–water partition coefficient (Wildman–Crippen LogP) is 3.45. The molecule has 0 aliphatic carbocycles. The summed E-state index contributed by atoms with van der Waals surface area (Å²) in [7, 11) is -3.67. The summed E-state index contributed by atoms with van der Waals surface area (Å²) in [5, 5.41) is 1.44. The van der Waals surface area contributed by atoms with E-state index in [0.717, 1.165) is 22.2 Å². The van der Waals surface area contributed by atoms with Gasteiger partial charge in [-0.25, -0.2) is 17.4 Å². The number of benzene rings is 2. The summed E-state index contributed by atoms with van der Waals surface area (Å²) in [4.78, 5) is 4.06. The molecule has 0 unspecified atom stereocenters. The highest BCUT2D eigenvalue weighted by atomic mass is 32.2. The van der Waals surface area contributed by atoms with Gasteiger partial charge in [-0.2, -0.15) is 0 Å². The highest BCUT2D eigenvalue weighted by Crippen LogP contribution is 2.32. The van der Waals surface area contributed by atoms with Crippen LogP contribution in [-0.2, 0) is 10.0 Å². The first-order valence-electron chi connectivity index (χ1n) is 7.52. The molecule has 3 aromatic rings. The van der Waals surface area contributed by atoms with E-state index in [2.05, 4.69) is 11.9 Å². The van der Waals surface area contributed by atoms with Gasteiger partial charge in [0, 0.05) is 23.2 Å². The van der Waals surface area contributed by atoms with Crippen molar-refractivity contribution in [2.24, 2.45) is 0 Å². The molecule has 0 bridgehead atoms. The van der Waals surface area contributed by atoms with Crippen LogP contribution < -0.4 is 4.74 Å². The van der Waals surface area contributed by atoms with E-state index in [0.29, 0.717) is 17.7 Å². The number of fused-ring (bicyclic) bond motifs is 1. The Labute approximate surface area is 135 Å². The average molecular weight is 330 g/mol. The maximum atomic E-state index is 12.8. The summed E-state index contributed by atoms with van der Waals surface area (Å²) >= 11 is 0. The molecule has 0 saturated carbocycles. The van der Waals surface area contributed by atoms with Crippen LogP contribution in [0.15, 0.2) is 60.0 Å². The molecule has 0 aliphatic heterocycles. The molecule has 0 saturated heterocycles. The maximum Gasteiger partial charge on any atom is 0.269 e. The zero-order valence-corrected chi connectivity index (χ0v) is 13.7. The molecule has 0 radical (unpaired) electrons. The zero-order chi connectivity index (χ0) is 16.3. The van der Waals surface area contributed by atoms with Gasteiger partial charge in [0.05, 0.1) is 11.5 Å². The van der Waals surface area contributed by atoms with Gasteiger partial charge in [-0.05, 0) is 18.6 Å². The molecule has 0 amide bonds. The van der Waals surface area contributed by atoms with E-state index in [9.17, 15) is 8.42 Å². The Balaban J connectivity index is 2.12. The summed E-state index contributed by atoms with van der Waals surface area (Å²) in [6.45, 7) is 2.72. The van der Waals surface area contributed by atoms with Crippen molar-refractivity contribution >= 4 is 20.8 Å². The van der Waals surface area contributed by atoms with Crippen LogP contribution in [0.5, 0.6) is 5.75 Å². The second-order valence-corrected chi connectivity index (χ2v) is 7.02. The zero-order valence-electron chi connectivity index (χ0n) is 12.8. The lowest BCUT2D eigenvalue weighted by atomic mass is 10.1. The van der Waals surface area contributed by atoms with E-state index in [1.54, 1.807) is 18.2 Å². The molecule has 5 nitrogen and oxygen atoms in total. The van der Waals surface area contributed by atoms with Crippen molar-refractivity contribution in [3.05, 3.63) is 55.1 Å². The van der Waals surface area contributed by atoms with E-state index in [1.807, 2.05) is 18.2 Å². The summed E-state index contributed by atoms with van der Waals surface area (Å²) in [6.07, 6.45) is 6.17. The highest BCUT2D eigenvalue weighted by molar-refractivity contribution is 7.90. The summed E-state index contributed by atoms with van der Waals surface area (Å²) < 4.78 is 32.4. The van der Waals surface area contributed by atoms with Gasteiger partial charge >= 0.3 is 0 Å². The minimum Gasteiger partial charge on any atom is -0.493 e. The summed E-state index contributed by atoms with van der Waals surface area (Å²) in [5.74, 6) is 0.707. The van der Waals surface area contributed by atoms with Crippen molar-refractivity contribution in [3.8, 4) is 5.75 Å². The number of aromatic nitrogens is 2. The first-order valence-corrected chi connectivity index (χ1v) is 8.96. The van der Waals surface area contributed by atoms with Crippen molar-refractivity contribution in [2.45, 2.75) is 24.7 Å². The van der Waals surface area contributed by atoms with E-state index in [-0.39, 0.29) is 4.90 Å². The van der Waals surface area contributed by atoms with Crippen LogP contribution >= 0.6 is 0 Å². The second-order valence-electron chi connectivity index (χ2n) is 5.21. The molecule has 120 valence electrons.